The minimum Gasteiger partial charge on any atom is -0.481 e. The molecule has 1 amide bonds. The molecule has 0 aliphatic carbocycles. The molecule has 1 aromatic carbocycles. The van der Waals surface area contributed by atoms with E-state index in [0.29, 0.717) is 5.75 Å². The molecule has 1 atom stereocenters. The molecule has 0 saturated carbocycles. The Bertz CT molecular complexity index is 459. The predicted octanol–water partition coefficient (Wildman–Crippen LogP) is 1.80. The monoisotopic (exact) mass is 280 g/mol. The van der Waals surface area contributed by atoms with Gasteiger partial charge in [-0.05, 0) is 52.0 Å². The summed E-state index contributed by atoms with van der Waals surface area (Å²) in [5.41, 5.74) is 0. The molecule has 1 heterocycles. The fraction of sp³-hybridized carbons (Fsp3) is 0.533. The van der Waals surface area contributed by atoms with Crippen LogP contribution >= 0.6 is 0 Å². The Morgan fingerprint density at radius 1 is 1.45 bits per heavy atom. The average molecular weight is 280 g/mol. The van der Waals surface area contributed by atoms with E-state index in [9.17, 15) is 9.18 Å². The van der Waals surface area contributed by atoms with Crippen molar-refractivity contribution >= 4 is 5.91 Å². The molecular formula is C15H21FN2O2. The number of likely N-dealkylation sites (tertiary alicyclic amines) is 1. The lowest BCUT2D eigenvalue weighted by atomic mass is 10.1. The highest BCUT2D eigenvalue weighted by Crippen LogP contribution is 2.14. The first-order chi connectivity index (χ1) is 9.54. The zero-order chi connectivity index (χ0) is 14.5. The first-order valence-electron chi connectivity index (χ1n) is 6.96. The van der Waals surface area contributed by atoms with Crippen molar-refractivity contribution in [2.75, 3.05) is 20.1 Å². The van der Waals surface area contributed by atoms with Gasteiger partial charge in [-0.2, -0.15) is 0 Å². The van der Waals surface area contributed by atoms with Crippen LogP contribution in [0.1, 0.15) is 19.8 Å². The smallest absolute Gasteiger partial charge is 0.260 e. The van der Waals surface area contributed by atoms with E-state index in [1.54, 1.807) is 19.1 Å². The minimum atomic E-state index is -0.628. The van der Waals surface area contributed by atoms with Gasteiger partial charge in [0, 0.05) is 12.1 Å². The van der Waals surface area contributed by atoms with Crippen LogP contribution in [0, 0.1) is 5.82 Å². The Kier molecular flexibility index (Phi) is 4.95. The molecule has 1 unspecified atom stereocenters. The molecule has 1 aliphatic heterocycles. The predicted molar refractivity (Wildman–Crippen MR) is 75.2 cm³/mol. The number of carbonyl (C=O) groups excluding carboxylic acids is 1. The summed E-state index contributed by atoms with van der Waals surface area (Å²) in [7, 11) is 2.08. The number of halogens is 1. The Morgan fingerprint density at radius 2 is 2.15 bits per heavy atom. The van der Waals surface area contributed by atoms with Gasteiger partial charge >= 0.3 is 0 Å². The van der Waals surface area contributed by atoms with Crippen LogP contribution in [0.15, 0.2) is 24.3 Å². The minimum absolute atomic E-state index is 0.149. The molecule has 2 rings (SSSR count). The van der Waals surface area contributed by atoms with Crippen LogP contribution in [0.2, 0.25) is 0 Å². The van der Waals surface area contributed by atoms with Crippen LogP contribution < -0.4 is 10.1 Å². The van der Waals surface area contributed by atoms with Gasteiger partial charge in [-0.1, -0.05) is 6.07 Å². The Hall–Kier alpha value is -1.62. The maximum absolute atomic E-state index is 13.0. The second kappa shape index (κ2) is 6.70. The van der Waals surface area contributed by atoms with Gasteiger partial charge in [0.1, 0.15) is 11.6 Å². The molecule has 0 aromatic heterocycles. The van der Waals surface area contributed by atoms with Gasteiger partial charge in [-0.3, -0.25) is 4.79 Å². The third-order valence-electron chi connectivity index (χ3n) is 3.54. The number of benzene rings is 1. The summed E-state index contributed by atoms with van der Waals surface area (Å²) in [5.74, 6) is -0.148. The van der Waals surface area contributed by atoms with E-state index >= 15 is 0 Å². The Balaban J connectivity index is 1.83. The first kappa shape index (κ1) is 14.8. The maximum atomic E-state index is 13.0. The van der Waals surface area contributed by atoms with Gasteiger partial charge in [0.2, 0.25) is 0 Å². The molecule has 0 bridgehead atoms. The second-order valence-corrected chi connectivity index (χ2v) is 5.30. The van der Waals surface area contributed by atoms with Crippen LogP contribution in [-0.2, 0) is 4.79 Å². The first-order valence-corrected chi connectivity index (χ1v) is 6.96. The molecule has 1 fully saturated rings. The second-order valence-electron chi connectivity index (χ2n) is 5.30. The molecule has 0 radical (unpaired) electrons. The van der Waals surface area contributed by atoms with Crippen LogP contribution in [0.25, 0.3) is 0 Å². The largest absolute Gasteiger partial charge is 0.481 e. The number of nitrogens with one attached hydrogen (secondary N) is 1. The van der Waals surface area contributed by atoms with Gasteiger partial charge in [-0.25, -0.2) is 4.39 Å². The standard InChI is InChI=1S/C15H21FN2O2/c1-11(20-14-5-3-4-12(16)10-14)15(19)17-13-6-8-18(2)9-7-13/h3-5,10-11,13H,6-9H2,1-2H3,(H,17,19). The number of hydrogen-bond donors (Lipinski definition) is 1. The third kappa shape index (κ3) is 4.20. The van der Waals surface area contributed by atoms with Crippen LogP contribution in [-0.4, -0.2) is 43.1 Å². The highest BCUT2D eigenvalue weighted by Gasteiger charge is 2.22. The lowest BCUT2D eigenvalue weighted by molar-refractivity contribution is -0.128. The van der Waals surface area contributed by atoms with Crippen molar-refractivity contribution in [2.45, 2.75) is 31.9 Å². The fourth-order valence-corrected chi connectivity index (χ4v) is 2.27. The highest BCUT2D eigenvalue weighted by molar-refractivity contribution is 5.81. The van der Waals surface area contributed by atoms with Gasteiger partial charge in [0.25, 0.3) is 5.91 Å². The van der Waals surface area contributed by atoms with Gasteiger partial charge in [0.05, 0.1) is 0 Å². The van der Waals surface area contributed by atoms with Crippen LogP contribution in [0.5, 0.6) is 5.75 Å². The van der Waals surface area contributed by atoms with Crippen molar-refractivity contribution in [2.24, 2.45) is 0 Å². The normalized spacial score (nSPS) is 18.6. The van der Waals surface area contributed by atoms with Gasteiger partial charge < -0.3 is 15.0 Å². The Morgan fingerprint density at radius 3 is 2.80 bits per heavy atom. The summed E-state index contributed by atoms with van der Waals surface area (Å²) in [6.45, 7) is 3.66. The number of hydrogen-bond acceptors (Lipinski definition) is 3. The Labute approximate surface area is 118 Å². The van der Waals surface area contributed by atoms with Crippen LogP contribution in [0.3, 0.4) is 0 Å². The number of carbonyl (C=O) groups is 1. The number of piperidine rings is 1. The molecule has 4 nitrogen and oxygen atoms in total. The highest BCUT2D eigenvalue weighted by atomic mass is 19.1. The maximum Gasteiger partial charge on any atom is 0.260 e. The summed E-state index contributed by atoms with van der Waals surface area (Å²) in [6, 6.07) is 6.03. The number of nitrogens with zero attached hydrogens (tertiary/aromatic N) is 1. The summed E-state index contributed by atoms with van der Waals surface area (Å²) < 4.78 is 18.5. The fourth-order valence-electron chi connectivity index (χ4n) is 2.27. The molecule has 110 valence electrons. The third-order valence-corrected chi connectivity index (χ3v) is 3.54. The van der Waals surface area contributed by atoms with E-state index in [-0.39, 0.29) is 17.8 Å². The molecule has 5 heteroatoms. The zero-order valence-corrected chi connectivity index (χ0v) is 11.9. The molecule has 1 aliphatic rings. The number of ether oxygens (including phenoxy) is 1. The van der Waals surface area contributed by atoms with E-state index in [0.717, 1.165) is 25.9 Å². The van der Waals surface area contributed by atoms with Crippen molar-refractivity contribution in [3.8, 4) is 5.75 Å². The lowest BCUT2D eigenvalue weighted by Gasteiger charge is -2.30. The van der Waals surface area contributed by atoms with E-state index in [4.69, 9.17) is 4.74 Å². The van der Waals surface area contributed by atoms with E-state index in [1.165, 1.54) is 12.1 Å². The molecular weight excluding hydrogens is 259 g/mol. The molecule has 1 saturated heterocycles. The topological polar surface area (TPSA) is 41.6 Å². The lowest BCUT2D eigenvalue weighted by Crippen LogP contribution is -2.47. The van der Waals surface area contributed by atoms with Gasteiger partial charge in [0.15, 0.2) is 6.10 Å². The van der Waals surface area contributed by atoms with Crippen molar-refractivity contribution in [3.63, 3.8) is 0 Å². The molecule has 0 spiro atoms. The summed E-state index contributed by atoms with van der Waals surface area (Å²) in [5, 5.41) is 2.99. The summed E-state index contributed by atoms with van der Waals surface area (Å²) >= 11 is 0. The number of rotatable bonds is 4. The van der Waals surface area contributed by atoms with Crippen molar-refractivity contribution < 1.29 is 13.9 Å². The number of amides is 1. The summed E-state index contributed by atoms with van der Waals surface area (Å²) in [4.78, 5) is 14.3. The average Bonchev–Trinajstić information content (AvgIpc) is 2.41. The molecule has 1 N–H and O–H groups in total. The van der Waals surface area contributed by atoms with E-state index < -0.39 is 6.10 Å². The van der Waals surface area contributed by atoms with Crippen molar-refractivity contribution in [1.82, 2.24) is 10.2 Å². The van der Waals surface area contributed by atoms with Crippen LogP contribution in [0.4, 0.5) is 4.39 Å². The quantitative estimate of drug-likeness (QED) is 0.914. The van der Waals surface area contributed by atoms with E-state index in [1.807, 2.05) is 0 Å². The summed E-state index contributed by atoms with van der Waals surface area (Å²) in [6.07, 6.45) is 1.28. The molecule has 1 aromatic rings. The SMILES string of the molecule is CC(Oc1cccc(F)c1)C(=O)NC1CCN(C)CC1. The van der Waals surface area contributed by atoms with Gasteiger partial charge in [-0.15, -0.1) is 0 Å². The van der Waals surface area contributed by atoms with Crippen molar-refractivity contribution in [3.05, 3.63) is 30.1 Å². The van der Waals surface area contributed by atoms with Crippen molar-refractivity contribution in [1.29, 1.82) is 0 Å². The zero-order valence-electron chi connectivity index (χ0n) is 11.9. The molecule has 20 heavy (non-hydrogen) atoms. The van der Waals surface area contributed by atoms with E-state index in [2.05, 4.69) is 17.3 Å².